The highest BCUT2D eigenvalue weighted by molar-refractivity contribution is 7.98. The van der Waals surface area contributed by atoms with E-state index in [2.05, 4.69) is 18.0 Å². The lowest BCUT2D eigenvalue weighted by molar-refractivity contribution is 0.174. The van der Waals surface area contributed by atoms with E-state index < -0.39 is 0 Å². The number of ether oxygens (including phenoxy) is 2. The van der Waals surface area contributed by atoms with Gasteiger partial charge in [0.15, 0.2) is 11.5 Å². The number of rotatable bonds is 1. The molecule has 0 unspecified atom stereocenters. The first kappa shape index (κ1) is 9.78. The Hall–Kier alpha value is -1.42. The van der Waals surface area contributed by atoms with E-state index >= 15 is 0 Å². The van der Waals surface area contributed by atoms with Crippen molar-refractivity contribution in [2.45, 2.75) is 11.9 Å². The molecule has 0 atom stereocenters. The molecule has 0 saturated carbocycles. The highest BCUT2D eigenvalue weighted by Crippen LogP contribution is 2.36. The van der Waals surface area contributed by atoms with E-state index in [0.717, 1.165) is 27.4 Å². The van der Waals surface area contributed by atoms with Crippen LogP contribution in [0.5, 0.6) is 11.5 Å². The summed E-state index contributed by atoms with van der Waals surface area (Å²) in [6, 6.07) is 6.06. The Morgan fingerprint density at radius 1 is 1.19 bits per heavy atom. The first-order valence-corrected chi connectivity index (χ1v) is 6.25. The van der Waals surface area contributed by atoms with Gasteiger partial charge in [-0.3, -0.25) is 0 Å². The molecule has 3 rings (SSSR count). The summed E-state index contributed by atoms with van der Waals surface area (Å²) < 4.78 is 10.7. The molecule has 0 N–H and O–H groups in total. The van der Waals surface area contributed by atoms with Crippen molar-refractivity contribution in [3.8, 4) is 11.5 Å². The van der Waals surface area contributed by atoms with Crippen LogP contribution in [0, 0.1) is 6.92 Å². The van der Waals surface area contributed by atoms with Crippen LogP contribution in [-0.4, -0.2) is 18.0 Å². The molecule has 16 heavy (non-hydrogen) atoms. The Balaban J connectivity index is 2.28. The third-order valence-electron chi connectivity index (χ3n) is 2.65. The molecule has 2 heterocycles. The van der Waals surface area contributed by atoms with Crippen molar-refractivity contribution in [2.75, 3.05) is 13.0 Å². The molecule has 1 aromatic carbocycles. The lowest BCUT2D eigenvalue weighted by Gasteiger charge is -2.05. The maximum atomic E-state index is 5.35. The Bertz CT molecular complexity index is 558. The number of pyridine rings is 1. The lowest BCUT2D eigenvalue weighted by Crippen LogP contribution is -1.92. The van der Waals surface area contributed by atoms with Crippen LogP contribution >= 0.6 is 11.8 Å². The predicted octanol–water partition coefficient (Wildman–Crippen LogP) is 2.99. The molecule has 4 heteroatoms. The van der Waals surface area contributed by atoms with Gasteiger partial charge in [-0.2, -0.15) is 0 Å². The van der Waals surface area contributed by atoms with E-state index in [9.17, 15) is 0 Å². The van der Waals surface area contributed by atoms with Gasteiger partial charge in [0.1, 0.15) is 0 Å². The maximum absolute atomic E-state index is 5.35. The minimum Gasteiger partial charge on any atom is -0.454 e. The number of nitrogens with zero attached hydrogens (tertiary/aromatic N) is 1. The highest BCUT2D eigenvalue weighted by Gasteiger charge is 2.15. The zero-order chi connectivity index (χ0) is 11.1. The van der Waals surface area contributed by atoms with Gasteiger partial charge in [-0.05, 0) is 30.9 Å². The van der Waals surface area contributed by atoms with Gasteiger partial charge in [-0.15, -0.1) is 11.8 Å². The molecule has 0 fully saturated rings. The predicted molar refractivity (Wildman–Crippen MR) is 64.4 cm³/mol. The third kappa shape index (κ3) is 1.41. The van der Waals surface area contributed by atoms with E-state index in [1.54, 1.807) is 11.8 Å². The Labute approximate surface area is 97.8 Å². The van der Waals surface area contributed by atoms with Crippen molar-refractivity contribution >= 4 is 22.7 Å². The van der Waals surface area contributed by atoms with Crippen molar-refractivity contribution in [1.29, 1.82) is 0 Å². The lowest BCUT2D eigenvalue weighted by atomic mass is 10.1. The van der Waals surface area contributed by atoms with E-state index in [4.69, 9.17) is 9.47 Å². The number of benzene rings is 1. The summed E-state index contributed by atoms with van der Waals surface area (Å²) in [5.74, 6) is 1.60. The van der Waals surface area contributed by atoms with Gasteiger partial charge in [0.05, 0.1) is 10.5 Å². The monoisotopic (exact) mass is 233 g/mol. The van der Waals surface area contributed by atoms with Crippen molar-refractivity contribution in [3.63, 3.8) is 0 Å². The van der Waals surface area contributed by atoms with E-state index in [1.165, 1.54) is 5.56 Å². The van der Waals surface area contributed by atoms with Crippen LogP contribution in [0.4, 0.5) is 0 Å². The smallest absolute Gasteiger partial charge is 0.231 e. The summed E-state index contributed by atoms with van der Waals surface area (Å²) in [6.45, 7) is 2.38. The molecule has 3 nitrogen and oxygen atoms in total. The fourth-order valence-electron chi connectivity index (χ4n) is 1.86. The molecule has 1 aliphatic rings. The van der Waals surface area contributed by atoms with E-state index in [-0.39, 0.29) is 0 Å². The van der Waals surface area contributed by atoms with Gasteiger partial charge < -0.3 is 9.47 Å². The molecule has 2 aromatic rings. The highest BCUT2D eigenvalue weighted by atomic mass is 32.2. The molecule has 1 aliphatic heterocycles. The number of fused-ring (bicyclic) bond motifs is 2. The van der Waals surface area contributed by atoms with Crippen LogP contribution in [0.15, 0.2) is 23.2 Å². The second-order valence-corrected chi connectivity index (χ2v) is 4.51. The number of aromatic nitrogens is 1. The molecular formula is C12H11NO2S. The number of hydrogen-bond acceptors (Lipinski definition) is 4. The van der Waals surface area contributed by atoms with Crippen molar-refractivity contribution in [2.24, 2.45) is 0 Å². The normalized spacial score (nSPS) is 13.4. The number of aryl methyl sites for hydroxylation is 1. The molecule has 1 aromatic heterocycles. The number of hydrogen-bond donors (Lipinski definition) is 0. The molecule has 0 bridgehead atoms. The number of thioether (sulfide) groups is 1. The Kier molecular flexibility index (Phi) is 2.17. The second kappa shape index (κ2) is 3.56. The van der Waals surface area contributed by atoms with Crippen LogP contribution < -0.4 is 9.47 Å². The first-order valence-electron chi connectivity index (χ1n) is 5.03. The van der Waals surface area contributed by atoms with Crippen LogP contribution in [0.25, 0.3) is 10.9 Å². The Morgan fingerprint density at radius 3 is 2.69 bits per heavy atom. The fourth-order valence-corrected chi connectivity index (χ4v) is 2.43. The second-order valence-electron chi connectivity index (χ2n) is 3.71. The summed E-state index contributed by atoms with van der Waals surface area (Å²) in [5.41, 5.74) is 2.15. The molecule has 0 radical (unpaired) electrons. The molecule has 0 aliphatic carbocycles. The third-order valence-corrected chi connectivity index (χ3v) is 3.45. The SMILES string of the molecule is CSc1nc2cc3c(cc2cc1C)OCO3. The zero-order valence-electron chi connectivity index (χ0n) is 9.11. The summed E-state index contributed by atoms with van der Waals surface area (Å²) in [4.78, 5) is 4.60. The average Bonchev–Trinajstić information content (AvgIpc) is 2.72. The fraction of sp³-hybridized carbons (Fsp3) is 0.250. The van der Waals surface area contributed by atoms with E-state index in [0.29, 0.717) is 6.79 Å². The summed E-state index contributed by atoms with van der Waals surface area (Å²) in [5, 5.41) is 2.16. The van der Waals surface area contributed by atoms with Gasteiger partial charge in [-0.1, -0.05) is 0 Å². The van der Waals surface area contributed by atoms with Crippen molar-refractivity contribution < 1.29 is 9.47 Å². The van der Waals surface area contributed by atoms with Crippen LogP contribution in [0.3, 0.4) is 0 Å². The van der Waals surface area contributed by atoms with Gasteiger partial charge in [0.25, 0.3) is 0 Å². The molecular weight excluding hydrogens is 222 g/mol. The van der Waals surface area contributed by atoms with E-state index in [1.807, 2.05) is 18.4 Å². The van der Waals surface area contributed by atoms with Crippen molar-refractivity contribution in [1.82, 2.24) is 4.98 Å². The molecule has 0 spiro atoms. The zero-order valence-corrected chi connectivity index (χ0v) is 9.93. The quantitative estimate of drug-likeness (QED) is 0.709. The van der Waals surface area contributed by atoms with Gasteiger partial charge in [0, 0.05) is 11.5 Å². The van der Waals surface area contributed by atoms with Gasteiger partial charge >= 0.3 is 0 Å². The minimum absolute atomic E-state index is 0.306. The minimum atomic E-state index is 0.306. The molecule has 0 amide bonds. The summed E-state index contributed by atoms with van der Waals surface area (Å²) in [6.07, 6.45) is 2.04. The summed E-state index contributed by atoms with van der Waals surface area (Å²) >= 11 is 1.66. The average molecular weight is 233 g/mol. The van der Waals surface area contributed by atoms with Gasteiger partial charge in [0.2, 0.25) is 6.79 Å². The standard InChI is InChI=1S/C12H11NO2S/c1-7-3-8-4-10-11(15-6-14-10)5-9(8)13-12(7)16-2/h3-5H,6H2,1-2H3. The summed E-state index contributed by atoms with van der Waals surface area (Å²) in [7, 11) is 0. The van der Waals surface area contributed by atoms with Crippen LogP contribution in [0.1, 0.15) is 5.56 Å². The Morgan fingerprint density at radius 2 is 1.94 bits per heavy atom. The molecule has 0 saturated heterocycles. The van der Waals surface area contributed by atoms with Crippen LogP contribution in [-0.2, 0) is 0 Å². The first-order chi connectivity index (χ1) is 7.78. The molecule has 82 valence electrons. The maximum Gasteiger partial charge on any atom is 0.231 e. The largest absolute Gasteiger partial charge is 0.454 e. The van der Waals surface area contributed by atoms with Gasteiger partial charge in [-0.25, -0.2) is 4.98 Å². The topological polar surface area (TPSA) is 31.4 Å². The van der Waals surface area contributed by atoms with Crippen LogP contribution in [0.2, 0.25) is 0 Å². The van der Waals surface area contributed by atoms with Crippen molar-refractivity contribution in [3.05, 3.63) is 23.8 Å².